The minimum Gasteiger partial charge on any atom is -0.299 e. The molecule has 1 aromatic heterocycles. The summed E-state index contributed by atoms with van der Waals surface area (Å²) in [6, 6.07) is 11.0. The molecule has 0 radical (unpaired) electrons. The highest BCUT2D eigenvalue weighted by molar-refractivity contribution is 7.88. The Morgan fingerprint density at radius 3 is 2.50 bits per heavy atom. The summed E-state index contributed by atoms with van der Waals surface area (Å²) >= 11 is 5.84. The van der Waals surface area contributed by atoms with Gasteiger partial charge in [0.1, 0.15) is 0 Å². The van der Waals surface area contributed by atoms with Crippen LogP contribution in [-0.2, 0) is 22.3 Å². The lowest BCUT2D eigenvalue weighted by Crippen LogP contribution is -2.38. The number of pyridine rings is 1. The molecule has 1 N–H and O–H groups in total. The van der Waals surface area contributed by atoms with Crippen molar-refractivity contribution < 1.29 is 8.42 Å². The van der Waals surface area contributed by atoms with Crippen LogP contribution in [0.2, 0.25) is 5.02 Å². The zero-order valence-electron chi connectivity index (χ0n) is 14.6. The van der Waals surface area contributed by atoms with Crippen LogP contribution in [0, 0.1) is 5.92 Å². The lowest BCUT2D eigenvalue weighted by Gasteiger charge is -2.31. The van der Waals surface area contributed by atoms with Crippen molar-refractivity contribution in [3.8, 4) is 0 Å². The molecule has 0 spiro atoms. The molecule has 0 saturated carbocycles. The van der Waals surface area contributed by atoms with E-state index < -0.39 is 10.0 Å². The highest BCUT2D eigenvalue weighted by Crippen LogP contribution is 2.19. The van der Waals surface area contributed by atoms with Gasteiger partial charge < -0.3 is 0 Å². The SMILES string of the molecule is O=S(=O)(Cc1ccc(Cl)cc1)NCC1CCN(Cc2cccnc2)CC1. The number of halogens is 1. The fourth-order valence-corrected chi connectivity index (χ4v) is 4.54. The van der Waals surface area contributed by atoms with E-state index in [0.717, 1.165) is 38.0 Å². The van der Waals surface area contributed by atoms with E-state index in [2.05, 4.69) is 20.7 Å². The van der Waals surface area contributed by atoms with Crippen molar-refractivity contribution in [2.75, 3.05) is 19.6 Å². The second kappa shape index (κ2) is 8.95. The fourth-order valence-electron chi connectivity index (χ4n) is 3.19. The van der Waals surface area contributed by atoms with Crippen LogP contribution in [0.15, 0.2) is 48.8 Å². The number of nitrogens with zero attached hydrogens (tertiary/aromatic N) is 2. The summed E-state index contributed by atoms with van der Waals surface area (Å²) in [5.74, 6) is 0.379. The minimum absolute atomic E-state index is 0.00990. The quantitative estimate of drug-likeness (QED) is 0.785. The van der Waals surface area contributed by atoms with Gasteiger partial charge in [0, 0.05) is 30.5 Å². The van der Waals surface area contributed by atoms with E-state index in [1.54, 1.807) is 30.5 Å². The van der Waals surface area contributed by atoms with Crippen LogP contribution in [0.25, 0.3) is 0 Å². The standard InChI is InChI=1S/C19H24ClN3O2S/c20-19-5-3-17(4-6-19)15-26(24,25)22-13-16-7-10-23(11-8-16)14-18-2-1-9-21-12-18/h1-6,9,12,16,22H,7-8,10-11,13-15H2. The number of hydrogen-bond donors (Lipinski definition) is 1. The van der Waals surface area contributed by atoms with Crippen molar-refractivity contribution in [2.24, 2.45) is 5.92 Å². The van der Waals surface area contributed by atoms with Crippen LogP contribution in [0.4, 0.5) is 0 Å². The maximum absolute atomic E-state index is 12.3. The van der Waals surface area contributed by atoms with Crippen LogP contribution >= 0.6 is 11.6 Å². The summed E-state index contributed by atoms with van der Waals surface area (Å²) < 4.78 is 27.3. The Labute approximate surface area is 160 Å². The van der Waals surface area contributed by atoms with E-state index in [0.29, 0.717) is 17.5 Å². The van der Waals surface area contributed by atoms with Crippen molar-refractivity contribution in [1.29, 1.82) is 0 Å². The van der Waals surface area contributed by atoms with Gasteiger partial charge in [-0.2, -0.15) is 0 Å². The summed E-state index contributed by atoms with van der Waals surface area (Å²) in [6.45, 7) is 3.39. The summed E-state index contributed by atoms with van der Waals surface area (Å²) in [7, 11) is -3.32. The molecule has 0 bridgehead atoms. The van der Waals surface area contributed by atoms with Gasteiger partial charge in [-0.05, 0) is 61.2 Å². The van der Waals surface area contributed by atoms with Crippen LogP contribution in [-0.4, -0.2) is 37.9 Å². The van der Waals surface area contributed by atoms with Crippen molar-refractivity contribution in [2.45, 2.75) is 25.1 Å². The Morgan fingerprint density at radius 1 is 1.12 bits per heavy atom. The Morgan fingerprint density at radius 2 is 1.85 bits per heavy atom. The molecule has 3 rings (SSSR count). The molecule has 140 valence electrons. The number of hydrogen-bond acceptors (Lipinski definition) is 4. The van der Waals surface area contributed by atoms with Gasteiger partial charge >= 0.3 is 0 Å². The minimum atomic E-state index is -3.32. The van der Waals surface area contributed by atoms with Gasteiger partial charge in [0.05, 0.1) is 5.75 Å². The van der Waals surface area contributed by atoms with E-state index >= 15 is 0 Å². The normalized spacial score (nSPS) is 16.7. The average molecular weight is 394 g/mol. The molecule has 5 nitrogen and oxygen atoms in total. The Kier molecular flexibility index (Phi) is 6.64. The Bertz CT molecular complexity index is 789. The second-order valence-corrected chi connectivity index (χ2v) is 9.06. The van der Waals surface area contributed by atoms with Crippen molar-refractivity contribution in [3.63, 3.8) is 0 Å². The molecule has 0 unspecified atom stereocenters. The fraction of sp³-hybridized carbons (Fsp3) is 0.421. The van der Waals surface area contributed by atoms with Gasteiger partial charge in [-0.15, -0.1) is 0 Å². The molecule has 0 aliphatic carbocycles. The third kappa shape index (κ3) is 6.06. The van der Waals surface area contributed by atoms with E-state index in [9.17, 15) is 8.42 Å². The van der Waals surface area contributed by atoms with Gasteiger partial charge in [0.2, 0.25) is 10.0 Å². The molecular weight excluding hydrogens is 370 g/mol. The predicted octanol–water partition coefficient (Wildman–Crippen LogP) is 3.07. The molecule has 1 aromatic carbocycles. The molecule has 0 amide bonds. The number of likely N-dealkylation sites (tertiary alicyclic amines) is 1. The lowest BCUT2D eigenvalue weighted by molar-refractivity contribution is 0.178. The second-order valence-electron chi connectivity index (χ2n) is 6.81. The third-order valence-electron chi connectivity index (χ3n) is 4.70. The summed E-state index contributed by atoms with van der Waals surface area (Å²) in [4.78, 5) is 6.55. The van der Waals surface area contributed by atoms with Crippen LogP contribution < -0.4 is 4.72 Å². The van der Waals surface area contributed by atoms with Gasteiger partial charge in [0.25, 0.3) is 0 Å². The highest BCUT2D eigenvalue weighted by Gasteiger charge is 2.21. The largest absolute Gasteiger partial charge is 0.299 e. The third-order valence-corrected chi connectivity index (χ3v) is 6.27. The molecule has 2 heterocycles. The monoisotopic (exact) mass is 393 g/mol. The number of piperidine rings is 1. The van der Waals surface area contributed by atoms with Crippen molar-refractivity contribution in [3.05, 3.63) is 64.9 Å². The van der Waals surface area contributed by atoms with E-state index in [1.807, 2.05) is 12.3 Å². The predicted molar refractivity (Wildman–Crippen MR) is 104 cm³/mol. The van der Waals surface area contributed by atoms with Crippen LogP contribution in [0.3, 0.4) is 0 Å². The molecule has 7 heteroatoms. The topological polar surface area (TPSA) is 62.3 Å². The smallest absolute Gasteiger partial charge is 0.215 e. The zero-order chi connectivity index (χ0) is 18.4. The molecule has 2 aromatic rings. The van der Waals surface area contributed by atoms with Gasteiger partial charge in [-0.25, -0.2) is 13.1 Å². The summed E-state index contributed by atoms with van der Waals surface area (Å²) in [6.07, 6.45) is 5.69. The lowest BCUT2D eigenvalue weighted by atomic mass is 9.97. The molecular formula is C19H24ClN3O2S. The van der Waals surface area contributed by atoms with Gasteiger partial charge in [-0.1, -0.05) is 29.8 Å². The first kappa shape index (κ1) is 19.3. The summed E-state index contributed by atoms with van der Waals surface area (Å²) in [5.41, 5.74) is 1.96. The first-order valence-corrected chi connectivity index (χ1v) is 10.9. The van der Waals surface area contributed by atoms with E-state index in [-0.39, 0.29) is 5.75 Å². The molecule has 1 saturated heterocycles. The van der Waals surface area contributed by atoms with Crippen molar-refractivity contribution in [1.82, 2.24) is 14.6 Å². The highest BCUT2D eigenvalue weighted by atomic mass is 35.5. The number of benzene rings is 1. The maximum Gasteiger partial charge on any atom is 0.215 e. The Hall–Kier alpha value is -1.47. The number of sulfonamides is 1. The first-order chi connectivity index (χ1) is 12.5. The number of nitrogens with one attached hydrogen (secondary N) is 1. The first-order valence-electron chi connectivity index (χ1n) is 8.83. The summed E-state index contributed by atoms with van der Waals surface area (Å²) in [5, 5.41) is 0.608. The molecule has 0 atom stereocenters. The molecule has 26 heavy (non-hydrogen) atoms. The van der Waals surface area contributed by atoms with E-state index in [4.69, 9.17) is 11.6 Å². The maximum atomic E-state index is 12.3. The Balaban J connectivity index is 1.42. The van der Waals surface area contributed by atoms with Crippen LogP contribution in [0.5, 0.6) is 0 Å². The molecule has 1 aliphatic heterocycles. The zero-order valence-corrected chi connectivity index (χ0v) is 16.2. The number of rotatable bonds is 7. The van der Waals surface area contributed by atoms with Gasteiger partial charge in [-0.3, -0.25) is 9.88 Å². The average Bonchev–Trinajstić information content (AvgIpc) is 2.64. The van der Waals surface area contributed by atoms with Crippen LogP contribution in [0.1, 0.15) is 24.0 Å². The molecule has 1 aliphatic rings. The molecule has 1 fully saturated rings. The van der Waals surface area contributed by atoms with Crippen molar-refractivity contribution >= 4 is 21.6 Å². The number of aromatic nitrogens is 1. The van der Waals surface area contributed by atoms with E-state index in [1.165, 1.54) is 5.56 Å². The van der Waals surface area contributed by atoms with Gasteiger partial charge in [0.15, 0.2) is 0 Å².